The van der Waals surface area contributed by atoms with Crippen molar-refractivity contribution in [1.29, 1.82) is 0 Å². The van der Waals surface area contributed by atoms with Crippen LogP contribution in [0.5, 0.6) is 0 Å². The van der Waals surface area contributed by atoms with Crippen molar-refractivity contribution < 1.29 is 27.9 Å². The Hall–Kier alpha value is -2.19. The molecule has 0 saturated carbocycles. The standard InChI is InChI=1S/C13H15NO6S/c1-20-13(17)11(15)9-14-12(16)7-8-21(18,19)10-5-3-2-4-6-10/h2-8,11,15H,9H2,1H3,(H,14,16)/b8-7+. The smallest absolute Gasteiger partial charge is 0.336 e. The lowest BCUT2D eigenvalue weighted by molar-refractivity contribution is -0.150. The van der Waals surface area contributed by atoms with Gasteiger partial charge < -0.3 is 15.2 Å². The van der Waals surface area contributed by atoms with E-state index in [0.717, 1.165) is 18.6 Å². The van der Waals surface area contributed by atoms with Crippen molar-refractivity contribution in [1.82, 2.24) is 5.32 Å². The maximum atomic E-state index is 11.8. The first kappa shape index (κ1) is 16.9. The molecule has 0 spiro atoms. The third kappa shape index (κ3) is 5.36. The van der Waals surface area contributed by atoms with E-state index in [-0.39, 0.29) is 11.4 Å². The van der Waals surface area contributed by atoms with Gasteiger partial charge in [-0.2, -0.15) is 0 Å². The van der Waals surface area contributed by atoms with E-state index in [1.54, 1.807) is 18.2 Å². The van der Waals surface area contributed by atoms with Crippen LogP contribution in [0.15, 0.2) is 46.7 Å². The molecule has 114 valence electrons. The number of hydrogen-bond donors (Lipinski definition) is 2. The van der Waals surface area contributed by atoms with Crippen LogP contribution in [0, 0.1) is 0 Å². The number of amides is 1. The molecule has 0 aliphatic rings. The van der Waals surface area contributed by atoms with Crippen molar-refractivity contribution in [2.24, 2.45) is 0 Å². The minimum atomic E-state index is -3.71. The highest BCUT2D eigenvalue weighted by Crippen LogP contribution is 2.10. The lowest BCUT2D eigenvalue weighted by atomic mass is 10.3. The van der Waals surface area contributed by atoms with Gasteiger partial charge in [0.1, 0.15) is 0 Å². The zero-order valence-electron chi connectivity index (χ0n) is 11.2. The summed E-state index contributed by atoms with van der Waals surface area (Å²) in [5, 5.41) is 12.2. The summed E-state index contributed by atoms with van der Waals surface area (Å²) in [7, 11) is -2.61. The molecule has 1 rings (SSSR count). The largest absolute Gasteiger partial charge is 0.467 e. The summed E-state index contributed by atoms with van der Waals surface area (Å²) in [5.74, 6) is -1.64. The monoisotopic (exact) mass is 313 g/mol. The summed E-state index contributed by atoms with van der Waals surface area (Å²) < 4.78 is 27.9. The van der Waals surface area contributed by atoms with Crippen LogP contribution >= 0.6 is 0 Å². The predicted octanol–water partition coefficient (Wildman–Crippen LogP) is -0.376. The number of ether oxygens (including phenoxy) is 1. The third-order valence-electron chi connectivity index (χ3n) is 2.41. The highest BCUT2D eigenvalue weighted by molar-refractivity contribution is 7.94. The van der Waals surface area contributed by atoms with Crippen molar-refractivity contribution in [3.63, 3.8) is 0 Å². The Balaban J connectivity index is 2.60. The fraction of sp³-hybridized carbons (Fsp3) is 0.231. The van der Waals surface area contributed by atoms with E-state index in [0.29, 0.717) is 0 Å². The molecule has 7 nitrogen and oxygen atoms in total. The van der Waals surface area contributed by atoms with Gasteiger partial charge in [-0.3, -0.25) is 4.79 Å². The van der Waals surface area contributed by atoms with Crippen molar-refractivity contribution in [2.45, 2.75) is 11.0 Å². The highest BCUT2D eigenvalue weighted by atomic mass is 32.2. The van der Waals surface area contributed by atoms with Crippen molar-refractivity contribution in [3.8, 4) is 0 Å². The molecule has 0 bridgehead atoms. The van der Waals surface area contributed by atoms with Crippen molar-refractivity contribution in [2.75, 3.05) is 13.7 Å². The first-order valence-electron chi connectivity index (χ1n) is 5.89. The molecule has 1 aromatic rings. The molecule has 8 heteroatoms. The zero-order valence-corrected chi connectivity index (χ0v) is 12.0. The van der Waals surface area contributed by atoms with Gasteiger partial charge >= 0.3 is 5.97 Å². The average Bonchev–Trinajstić information content (AvgIpc) is 2.50. The Bertz CT molecular complexity index is 623. The van der Waals surface area contributed by atoms with Gasteiger partial charge in [0.2, 0.25) is 5.91 Å². The molecule has 0 aromatic heterocycles. The maximum Gasteiger partial charge on any atom is 0.336 e. The molecule has 1 amide bonds. The molecule has 1 aromatic carbocycles. The van der Waals surface area contributed by atoms with Crippen LogP contribution in [-0.2, 0) is 24.2 Å². The first-order chi connectivity index (χ1) is 9.86. The van der Waals surface area contributed by atoms with E-state index >= 15 is 0 Å². The molecule has 2 N–H and O–H groups in total. The van der Waals surface area contributed by atoms with Crippen molar-refractivity contribution >= 4 is 21.7 Å². The van der Waals surface area contributed by atoms with Gasteiger partial charge in [0.25, 0.3) is 0 Å². The van der Waals surface area contributed by atoms with Gasteiger partial charge in [0.15, 0.2) is 15.9 Å². The van der Waals surface area contributed by atoms with Crippen LogP contribution in [0.2, 0.25) is 0 Å². The molecule has 21 heavy (non-hydrogen) atoms. The number of nitrogens with one attached hydrogen (secondary N) is 1. The fourth-order valence-electron chi connectivity index (χ4n) is 1.32. The number of aliphatic hydroxyl groups is 1. The quantitative estimate of drug-likeness (QED) is 0.547. The van der Waals surface area contributed by atoms with E-state index in [1.807, 2.05) is 0 Å². The van der Waals surface area contributed by atoms with Crippen LogP contribution < -0.4 is 5.32 Å². The van der Waals surface area contributed by atoms with Gasteiger partial charge in [0.05, 0.1) is 18.6 Å². The second-order valence-corrected chi connectivity index (χ2v) is 5.78. The minimum Gasteiger partial charge on any atom is -0.467 e. The van der Waals surface area contributed by atoms with Crippen LogP contribution in [-0.4, -0.2) is 45.2 Å². The van der Waals surface area contributed by atoms with Crippen LogP contribution in [0.3, 0.4) is 0 Å². The first-order valence-corrected chi connectivity index (χ1v) is 7.43. The summed E-state index contributed by atoms with van der Waals surface area (Å²) in [4.78, 5) is 22.4. The van der Waals surface area contributed by atoms with Gasteiger partial charge in [-0.05, 0) is 12.1 Å². The number of esters is 1. The van der Waals surface area contributed by atoms with Crippen molar-refractivity contribution in [3.05, 3.63) is 41.8 Å². The van der Waals surface area contributed by atoms with Crippen LogP contribution in [0.4, 0.5) is 0 Å². The predicted molar refractivity (Wildman–Crippen MR) is 73.8 cm³/mol. The molecule has 0 aliphatic heterocycles. The van der Waals surface area contributed by atoms with Gasteiger partial charge in [-0.25, -0.2) is 13.2 Å². The number of rotatable bonds is 6. The molecule has 0 radical (unpaired) electrons. The number of hydrogen-bond acceptors (Lipinski definition) is 6. The zero-order chi connectivity index (χ0) is 15.9. The Kier molecular flexibility index (Phi) is 6.07. The second kappa shape index (κ2) is 7.55. The Morgan fingerprint density at radius 1 is 1.33 bits per heavy atom. The fourth-order valence-corrected chi connectivity index (χ4v) is 2.31. The lowest BCUT2D eigenvalue weighted by Gasteiger charge is -2.07. The summed E-state index contributed by atoms with van der Waals surface area (Å²) in [6, 6.07) is 7.60. The molecule has 0 aliphatic carbocycles. The number of methoxy groups -OCH3 is 1. The lowest BCUT2D eigenvalue weighted by Crippen LogP contribution is -2.36. The molecule has 0 heterocycles. The number of carbonyl (C=O) groups excluding carboxylic acids is 2. The minimum absolute atomic E-state index is 0.0589. The Morgan fingerprint density at radius 3 is 2.52 bits per heavy atom. The number of aliphatic hydroxyl groups excluding tert-OH is 1. The summed E-state index contributed by atoms with van der Waals surface area (Å²) in [6.45, 7) is -0.374. The topological polar surface area (TPSA) is 110 Å². The number of carbonyl (C=O) groups is 2. The number of sulfone groups is 1. The van der Waals surface area contributed by atoms with E-state index in [1.165, 1.54) is 12.1 Å². The third-order valence-corrected chi connectivity index (χ3v) is 3.84. The van der Waals surface area contributed by atoms with E-state index < -0.39 is 27.8 Å². The van der Waals surface area contributed by atoms with E-state index in [9.17, 15) is 23.1 Å². The van der Waals surface area contributed by atoms with Crippen LogP contribution in [0.25, 0.3) is 0 Å². The molecule has 0 saturated heterocycles. The average molecular weight is 313 g/mol. The SMILES string of the molecule is COC(=O)C(O)CNC(=O)/C=C/S(=O)(=O)c1ccccc1. The molecular formula is C13H15NO6S. The molecule has 0 fully saturated rings. The number of benzene rings is 1. The summed E-state index contributed by atoms with van der Waals surface area (Å²) >= 11 is 0. The Morgan fingerprint density at radius 2 is 1.95 bits per heavy atom. The maximum absolute atomic E-state index is 11.8. The van der Waals surface area contributed by atoms with E-state index in [2.05, 4.69) is 10.1 Å². The molecule has 1 unspecified atom stereocenters. The normalized spacial score (nSPS) is 12.9. The summed E-state index contributed by atoms with van der Waals surface area (Å²) in [6.07, 6.45) is -0.690. The second-order valence-electron chi connectivity index (χ2n) is 3.94. The highest BCUT2D eigenvalue weighted by Gasteiger charge is 2.16. The van der Waals surface area contributed by atoms with Gasteiger partial charge in [-0.15, -0.1) is 0 Å². The Labute approximate surface area is 122 Å². The summed E-state index contributed by atoms with van der Waals surface area (Å²) in [5.41, 5.74) is 0. The van der Waals surface area contributed by atoms with Gasteiger partial charge in [-0.1, -0.05) is 18.2 Å². The molecule has 1 atom stereocenters. The van der Waals surface area contributed by atoms with Gasteiger partial charge in [0, 0.05) is 11.5 Å². The van der Waals surface area contributed by atoms with E-state index in [4.69, 9.17) is 0 Å². The molecular weight excluding hydrogens is 298 g/mol. The van der Waals surface area contributed by atoms with Crippen LogP contribution in [0.1, 0.15) is 0 Å².